The molecule has 2 aromatic carbocycles. The van der Waals surface area contributed by atoms with E-state index in [0.29, 0.717) is 5.39 Å². The quantitative estimate of drug-likeness (QED) is 0.274. The highest BCUT2D eigenvalue weighted by Crippen LogP contribution is 2.36. The number of ether oxygens (including phenoxy) is 2. The Labute approximate surface area is 186 Å². The van der Waals surface area contributed by atoms with Gasteiger partial charge in [0, 0.05) is 0 Å². The third kappa shape index (κ3) is 5.66. The van der Waals surface area contributed by atoms with Crippen molar-refractivity contribution in [3.05, 3.63) is 87.8 Å². The van der Waals surface area contributed by atoms with Crippen LogP contribution in [0.15, 0.2) is 81.0 Å². The minimum atomic E-state index is -0.914. The first-order valence-electron chi connectivity index (χ1n) is 10.3. The molecule has 0 aliphatic heterocycles. The normalized spacial score (nSPS) is 11.3. The molecule has 0 unspecified atom stereocenters. The van der Waals surface area contributed by atoms with Gasteiger partial charge in [-0.1, -0.05) is 41.5 Å². The SMILES string of the molecule is CC(C)=CCCC(C)=CCOc1c(OC(=O)c2ccccc2)c(=O)oc2c(O)cccc12. The highest BCUT2D eigenvalue weighted by atomic mass is 16.6. The second-order valence-electron chi connectivity index (χ2n) is 7.64. The molecule has 1 aromatic heterocycles. The first kappa shape index (κ1) is 22.9. The van der Waals surface area contributed by atoms with Gasteiger partial charge in [-0.25, -0.2) is 9.59 Å². The summed E-state index contributed by atoms with van der Waals surface area (Å²) < 4.78 is 16.5. The number of hydrogen-bond acceptors (Lipinski definition) is 6. The van der Waals surface area contributed by atoms with Gasteiger partial charge in [0.1, 0.15) is 6.61 Å². The number of rotatable bonds is 8. The molecule has 0 aliphatic carbocycles. The first-order valence-corrected chi connectivity index (χ1v) is 10.3. The Morgan fingerprint density at radius 3 is 2.47 bits per heavy atom. The maximum absolute atomic E-state index is 12.6. The second kappa shape index (κ2) is 10.5. The number of hydrogen-bond donors (Lipinski definition) is 1. The number of carbonyl (C=O) groups excluding carboxylic acids is 1. The minimum absolute atomic E-state index is 0.0312. The molecule has 0 atom stereocenters. The third-order valence-electron chi connectivity index (χ3n) is 4.78. The van der Waals surface area contributed by atoms with Crippen LogP contribution in [-0.4, -0.2) is 17.7 Å². The zero-order valence-electron chi connectivity index (χ0n) is 18.4. The van der Waals surface area contributed by atoms with Gasteiger partial charge in [0.25, 0.3) is 5.75 Å². The smallest absolute Gasteiger partial charge is 0.383 e. The largest absolute Gasteiger partial charge is 0.504 e. The van der Waals surface area contributed by atoms with Gasteiger partial charge in [0.05, 0.1) is 10.9 Å². The van der Waals surface area contributed by atoms with Crippen molar-refractivity contribution in [1.29, 1.82) is 0 Å². The number of aromatic hydroxyl groups is 1. The van der Waals surface area contributed by atoms with E-state index >= 15 is 0 Å². The minimum Gasteiger partial charge on any atom is -0.504 e. The number of benzene rings is 2. The molecule has 6 heteroatoms. The fourth-order valence-corrected chi connectivity index (χ4v) is 3.08. The van der Waals surface area contributed by atoms with E-state index in [1.165, 1.54) is 11.6 Å². The third-order valence-corrected chi connectivity index (χ3v) is 4.78. The van der Waals surface area contributed by atoms with Crippen LogP contribution in [0.5, 0.6) is 17.2 Å². The number of carbonyl (C=O) groups is 1. The van der Waals surface area contributed by atoms with Gasteiger partial charge >= 0.3 is 11.6 Å². The molecule has 0 fully saturated rings. The molecule has 0 bridgehead atoms. The van der Waals surface area contributed by atoms with E-state index in [-0.39, 0.29) is 35.0 Å². The summed E-state index contributed by atoms with van der Waals surface area (Å²) in [6, 6.07) is 12.9. The van der Waals surface area contributed by atoms with Gasteiger partial charge in [-0.15, -0.1) is 0 Å². The van der Waals surface area contributed by atoms with Gasteiger partial charge in [-0.3, -0.25) is 0 Å². The molecule has 0 aliphatic rings. The molecular weight excluding hydrogens is 408 g/mol. The highest BCUT2D eigenvalue weighted by molar-refractivity contribution is 5.94. The molecule has 3 rings (SSSR count). The zero-order chi connectivity index (χ0) is 23.1. The van der Waals surface area contributed by atoms with Crippen LogP contribution < -0.4 is 15.1 Å². The Kier molecular flexibility index (Phi) is 7.49. The van der Waals surface area contributed by atoms with Crippen molar-refractivity contribution in [1.82, 2.24) is 0 Å². The summed E-state index contributed by atoms with van der Waals surface area (Å²) >= 11 is 0. The molecule has 32 heavy (non-hydrogen) atoms. The number of phenols is 1. The Hall–Kier alpha value is -3.80. The molecule has 0 saturated heterocycles. The Morgan fingerprint density at radius 2 is 1.75 bits per heavy atom. The van der Waals surface area contributed by atoms with Crippen LogP contribution in [0.1, 0.15) is 44.0 Å². The van der Waals surface area contributed by atoms with Crippen LogP contribution >= 0.6 is 0 Å². The Bertz CT molecular complexity index is 1210. The van der Waals surface area contributed by atoms with Crippen molar-refractivity contribution in [2.24, 2.45) is 0 Å². The summed E-state index contributed by atoms with van der Waals surface area (Å²) in [5.74, 6) is -1.23. The van der Waals surface area contributed by atoms with Crippen LogP contribution in [0.2, 0.25) is 0 Å². The standard InChI is InChI=1S/C26H26O6/c1-17(2)9-7-10-18(3)15-16-30-23-20-13-8-14-21(27)22(20)31-26(29)24(23)32-25(28)19-11-5-4-6-12-19/h4-6,8-9,11-15,27H,7,10,16H2,1-3H3. The number of para-hydroxylation sites is 1. The lowest BCUT2D eigenvalue weighted by Gasteiger charge is -2.13. The van der Waals surface area contributed by atoms with Gasteiger partial charge in [0.15, 0.2) is 17.1 Å². The number of fused-ring (bicyclic) bond motifs is 1. The molecule has 1 heterocycles. The molecule has 0 spiro atoms. The van der Waals surface area contributed by atoms with E-state index in [0.717, 1.165) is 18.4 Å². The van der Waals surface area contributed by atoms with Crippen LogP contribution in [0.25, 0.3) is 11.0 Å². The van der Waals surface area contributed by atoms with E-state index in [2.05, 4.69) is 19.9 Å². The number of allylic oxidation sites excluding steroid dienone is 3. The summed E-state index contributed by atoms with van der Waals surface area (Å²) in [4.78, 5) is 25.2. The molecule has 6 nitrogen and oxygen atoms in total. The molecular formula is C26H26O6. The zero-order valence-corrected chi connectivity index (χ0v) is 18.4. The van der Waals surface area contributed by atoms with E-state index in [1.807, 2.05) is 13.0 Å². The summed E-state index contributed by atoms with van der Waals surface area (Å²) in [5.41, 5.74) is 1.73. The number of phenolic OH excluding ortho intramolecular Hbond substituents is 1. The first-order chi connectivity index (χ1) is 15.4. The molecule has 0 saturated carbocycles. The Morgan fingerprint density at radius 1 is 1.00 bits per heavy atom. The lowest BCUT2D eigenvalue weighted by Crippen LogP contribution is -2.16. The highest BCUT2D eigenvalue weighted by Gasteiger charge is 2.22. The van der Waals surface area contributed by atoms with Crippen LogP contribution in [0.4, 0.5) is 0 Å². The average Bonchev–Trinajstić information content (AvgIpc) is 2.76. The number of esters is 1. The van der Waals surface area contributed by atoms with E-state index in [9.17, 15) is 14.7 Å². The summed E-state index contributed by atoms with van der Waals surface area (Å²) in [6.45, 7) is 6.27. The van der Waals surface area contributed by atoms with E-state index in [4.69, 9.17) is 13.9 Å². The second-order valence-corrected chi connectivity index (χ2v) is 7.64. The Balaban J connectivity index is 1.92. The van der Waals surface area contributed by atoms with E-state index in [1.54, 1.807) is 42.5 Å². The van der Waals surface area contributed by atoms with Crippen LogP contribution in [0.3, 0.4) is 0 Å². The van der Waals surface area contributed by atoms with Crippen molar-refractivity contribution in [2.45, 2.75) is 33.6 Å². The summed E-state index contributed by atoms with van der Waals surface area (Å²) in [7, 11) is 0. The summed E-state index contributed by atoms with van der Waals surface area (Å²) in [5, 5.41) is 10.4. The van der Waals surface area contributed by atoms with Gasteiger partial charge in [0.2, 0.25) is 0 Å². The monoisotopic (exact) mass is 434 g/mol. The molecule has 3 aromatic rings. The molecule has 0 radical (unpaired) electrons. The van der Waals surface area contributed by atoms with Gasteiger partial charge < -0.3 is 19.0 Å². The lowest BCUT2D eigenvalue weighted by molar-refractivity contribution is 0.0722. The lowest BCUT2D eigenvalue weighted by atomic mass is 10.1. The fraction of sp³-hybridized carbons (Fsp3) is 0.231. The average molecular weight is 434 g/mol. The predicted molar refractivity (Wildman–Crippen MR) is 123 cm³/mol. The van der Waals surface area contributed by atoms with Crippen molar-refractivity contribution in [2.75, 3.05) is 6.61 Å². The van der Waals surface area contributed by atoms with Crippen molar-refractivity contribution < 1.29 is 23.8 Å². The van der Waals surface area contributed by atoms with Gasteiger partial charge in [-0.05, 0) is 64.0 Å². The maximum atomic E-state index is 12.6. The van der Waals surface area contributed by atoms with Crippen LogP contribution in [-0.2, 0) is 0 Å². The van der Waals surface area contributed by atoms with E-state index < -0.39 is 11.6 Å². The van der Waals surface area contributed by atoms with Crippen LogP contribution in [0, 0.1) is 0 Å². The molecule has 166 valence electrons. The van der Waals surface area contributed by atoms with Gasteiger partial charge in [-0.2, -0.15) is 0 Å². The molecule has 1 N–H and O–H groups in total. The summed E-state index contributed by atoms with van der Waals surface area (Å²) in [6.07, 6.45) is 5.88. The van der Waals surface area contributed by atoms with Crippen molar-refractivity contribution in [3.8, 4) is 17.2 Å². The maximum Gasteiger partial charge on any atom is 0.383 e. The van der Waals surface area contributed by atoms with Crippen molar-refractivity contribution >= 4 is 16.9 Å². The fourth-order valence-electron chi connectivity index (χ4n) is 3.08. The molecule has 0 amide bonds. The predicted octanol–water partition coefficient (Wildman–Crippen LogP) is 5.79. The topological polar surface area (TPSA) is 86.0 Å². The van der Waals surface area contributed by atoms with Crippen molar-refractivity contribution in [3.63, 3.8) is 0 Å².